The van der Waals surface area contributed by atoms with Gasteiger partial charge in [-0.2, -0.15) is 0 Å². The number of carbonyl (C=O) groups excluding carboxylic acids is 1. The van der Waals surface area contributed by atoms with Crippen LogP contribution in [0.2, 0.25) is 0 Å². The molecule has 0 fully saturated rings. The van der Waals surface area contributed by atoms with Gasteiger partial charge in [0.1, 0.15) is 0 Å². The molecule has 0 aromatic heterocycles. The maximum absolute atomic E-state index is 12.0. The van der Waals surface area contributed by atoms with Crippen molar-refractivity contribution in [3.05, 3.63) is 12.2 Å². The first-order valence-electron chi connectivity index (χ1n) is 11.0. The van der Waals surface area contributed by atoms with Crippen LogP contribution < -0.4 is 0 Å². The van der Waals surface area contributed by atoms with Crippen molar-refractivity contribution in [1.82, 2.24) is 0 Å². The van der Waals surface area contributed by atoms with Crippen molar-refractivity contribution in [3.63, 3.8) is 0 Å². The fourth-order valence-electron chi connectivity index (χ4n) is 3.12. The topological polar surface area (TPSA) is 26.3 Å². The van der Waals surface area contributed by atoms with Gasteiger partial charge in [-0.25, -0.2) is 4.79 Å². The Morgan fingerprint density at radius 1 is 0.800 bits per heavy atom. The fraction of sp³-hybridized carbons (Fsp3) is 0.870. The minimum atomic E-state index is -0.175. The van der Waals surface area contributed by atoms with E-state index >= 15 is 0 Å². The van der Waals surface area contributed by atoms with Crippen LogP contribution in [-0.2, 0) is 9.53 Å². The lowest BCUT2D eigenvalue weighted by Crippen LogP contribution is -2.15. The first kappa shape index (κ1) is 24.2. The molecule has 0 rings (SSSR count). The van der Waals surface area contributed by atoms with Crippen LogP contribution in [0.5, 0.6) is 0 Å². The molecule has 0 amide bonds. The van der Waals surface area contributed by atoms with Gasteiger partial charge in [-0.05, 0) is 25.2 Å². The van der Waals surface area contributed by atoms with Gasteiger partial charge in [0, 0.05) is 5.57 Å². The second kappa shape index (κ2) is 18.0. The average molecular weight is 353 g/mol. The zero-order valence-electron chi connectivity index (χ0n) is 17.4. The molecule has 25 heavy (non-hydrogen) atoms. The van der Waals surface area contributed by atoms with Gasteiger partial charge >= 0.3 is 5.97 Å². The van der Waals surface area contributed by atoms with Crippen molar-refractivity contribution in [2.45, 2.75) is 117 Å². The van der Waals surface area contributed by atoms with Crippen LogP contribution in [0.15, 0.2) is 12.2 Å². The standard InChI is InChI=1S/C23H44O2/c1-5-8-10-11-12-13-14-15-16-17-18-21(4)23(24)25-20-22(7-3)19-9-6-2/h22H,4-20H2,1-3H3. The molecule has 0 radical (unpaired) electrons. The van der Waals surface area contributed by atoms with Crippen LogP contribution in [0.4, 0.5) is 0 Å². The summed E-state index contributed by atoms with van der Waals surface area (Å²) in [5.74, 6) is 0.333. The molecule has 0 saturated carbocycles. The molecule has 1 atom stereocenters. The van der Waals surface area contributed by atoms with Gasteiger partial charge < -0.3 is 4.74 Å². The lowest BCUT2D eigenvalue weighted by Gasteiger charge is -2.15. The van der Waals surface area contributed by atoms with E-state index in [0.29, 0.717) is 18.1 Å². The van der Waals surface area contributed by atoms with E-state index in [-0.39, 0.29) is 5.97 Å². The maximum atomic E-state index is 12.0. The summed E-state index contributed by atoms with van der Waals surface area (Å²) in [6, 6.07) is 0. The van der Waals surface area contributed by atoms with Gasteiger partial charge in [-0.3, -0.25) is 0 Å². The lowest BCUT2D eigenvalue weighted by molar-refractivity contribution is -0.140. The Balaban J connectivity index is 3.56. The summed E-state index contributed by atoms with van der Waals surface area (Å²) in [5, 5.41) is 0. The first-order chi connectivity index (χ1) is 12.2. The fourth-order valence-corrected chi connectivity index (χ4v) is 3.12. The molecule has 0 heterocycles. The third kappa shape index (κ3) is 15.2. The van der Waals surface area contributed by atoms with Gasteiger partial charge in [-0.15, -0.1) is 0 Å². The van der Waals surface area contributed by atoms with Crippen molar-refractivity contribution in [3.8, 4) is 0 Å². The molecule has 0 aliphatic carbocycles. The van der Waals surface area contributed by atoms with E-state index in [2.05, 4.69) is 27.4 Å². The molecule has 0 spiro atoms. The predicted molar refractivity (Wildman–Crippen MR) is 110 cm³/mol. The van der Waals surface area contributed by atoms with Gasteiger partial charge in [0.05, 0.1) is 6.61 Å². The number of hydrogen-bond acceptors (Lipinski definition) is 2. The van der Waals surface area contributed by atoms with Crippen LogP contribution in [0, 0.1) is 5.92 Å². The lowest BCUT2D eigenvalue weighted by atomic mass is 10.0. The molecule has 2 nitrogen and oxygen atoms in total. The quantitative estimate of drug-likeness (QED) is 0.144. The Morgan fingerprint density at radius 3 is 1.84 bits per heavy atom. The van der Waals surface area contributed by atoms with E-state index in [9.17, 15) is 4.79 Å². The van der Waals surface area contributed by atoms with Gasteiger partial charge in [0.25, 0.3) is 0 Å². The summed E-state index contributed by atoms with van der Waals surface area (Å²) in [4.78, 5) is 12.0. The highest BCUT2D eigenvalue weighted by atomic mass is 16.5. The summed E-state index contributed by atoms with van der Waals surface area (Å²) in [6.45, 7) is 11.1. The van der Waals surface area contributed by atoms with E-state index in [1.165, 1.54) is 70.6 Å². The van der Waals surface area contributed by atoms with Gasteiger partial charge in [0.15, 0.2) is 0 Å². The molecule has 0 aliphatic heterocycles. The second-order valence-electron chi connectivity index (χ2n) is 7.55. The van der Waals surface area contributed by atoms with E-state index in [4.69, 9.17) is 4.74 Å². The molecule has 0 bridgehead atoms. The predicted octanol–water partition coefficient (Wildman–Crippen LogP) is 7.61. The number of unbranched alkanes of at least 4 members (excludes halogenated alkanes) is 10. The Hall–Kier alpha value is -0.790. The minimum Gasteiger partial charge on any atom is -0.462 e. The first-order valence-corrected chi connectivity index (χ1v) is 11.0. The van der Waals surface area contributed by atoms with E-state index in [1.807, 2.05) is 0 Å². The van der Waals surface area contributed by atoms with Gasteiger partial charge in [-0.1, -0.05) is 104 Å². The second-order valence-corrected chi connectivity index (χ2v) is 7.55. The van der Waals surface area contributed by atoms with Crippen molar-refractivity contribution in [1.29, 1.82) is 0 Å². The largest absolute Gasteiger partial charge is 0.462 e. The summed E-state index contributed by atoms with van der Waals surface area (Å²) in [5.41, 5.74) is 0.657. The number of esters is 1. The molecule has 1 unspecified atom stereocenters. The molecular formula is C23H44O2. The van der Waals surface area contributed by atoms with E-state index in [1.54, 1.807) is 0 Å². The highest BCUT2D eigenvalue weighted by Gasteiger charge is 2.12. The Labute approximate surface area is 157 Å². The third-order valence-corrected chi connectivity index (χ3v) is 5.11. The molecule has 0 saturated heterocycles. The number of carbonyl (C=O) groups is 1. The molecular weight excluding hydrogens is 308 g/mol. The summed E-state index contributed by atoms with van der Waals surface area (Å²) in [7, 11) is 0. The molecule has 148 valence electrons. The summed E-state index contributed by atoms with van der Waals surface area (Å²) < 4.78 is 5.46. The minimum absolute atomic E-state index is 0.175. The van der Waals surface area contributed by atoms with Crippen LogP contribution in [0.1, 0.15) is 117 Å². The van der Waals surface area contributed by atoms with Crippen molar-refractivity contribution in [2.24, 2.45) is 5.92 Å². The van der Waals surface area contributed by atoms with Crippen molar-refractivity contribution < 1.29 is 9.53 Å². The molecule has 0 N–H and O–H groups in total. The zero-order valence-corrected chi connectivity index (χ0v) is 17.4. The third-order valence-electron chi connectivity index (χ3n) is 5.11. The average Bonchev–Trinajstić information content (AvgIpc) is 2.63. The van der Waals surface area contributed by atoms with Crippen molar-refractivity contribution in [2.75, 3.05) is 6.61 Å². The van der Waals surface area contributed by atoms with E-state index in [0.717, 1.165) is 25.7 Å². The smallest absolute Gasteiger partial charge is 0.333 e. The zero-order chi connectivity index (χ0) is 18.8. The van der Waals surface area contributed by atoms with Crippen LogP contribution in [0.3, 0.4) is 0 Å². The van der Waals surface area contributed by atoms with Gasteiger partial charge in [0.2, 0.25) is 0 Å². The number of ether oxygens (including phenoxy) is 1. The monoisotopic (exact) mass is 352 g/mol. The normalized spacial score (nSPS) is 12.1. The number of rotatable bonds is 18. The Kier molecular flexibility index (Phi) is 17.4. The molecule has 0 aliphatic rings. The SMILES string of the molecule is C=C(CCCCCCCCCCCC)C(=O)OCC(CC)CCCC. The van der Waals surface area contributed by atoms with E-state index < -0.39 is 0 Å². The Morgan fingerprint density at radius 2 is 1.32 bits per heavy atom. The van der Waals surface area contributed by atoms with Crippen LogP contribution >= 0.6 is 0 Å². The summed E-state index contributed by atoms with van der Waals surface area (Å²) in [6.07, 6.45) is 18.6. The highest BCUT2D eigenvalue weighted by Crippen LogP contribution is 2.16. The molecule has 2 heteroatoms. The van der Waals surface area contributed by atoms with Crippen LogP contribution in [0.25, 0.3) is 0 Å². The number of hydrogen-bond donors (Lipinski definition) is 0. The molecule has 0 aromatic rings. The maximum Gasteiger partial charge on any atom is 0.333 e. The highest BCUT2D eigenvalue weighted by molar-refractivity contribution is 5.87. The van der Waals surface area contributed by atoms with Crippen LogP contribution in [-0.4, -0.2) is 12.6 Å². The van der Waals surface area contributed by atoms with Crippen molar-refractivity contribution >= 4 is 5.97 Å². The summed E-state index contributed by atoms with van der Waals surface area (Å²) >= 11 is 0. The Bertz CT molecular complexity index is 322. The molecule has 0 aromatic carbocycles.